The molecule has 1 aromatic heterocycles. The molecule has 0 saturated carbocycles. The van der Waals surface area contributed by atoms with Crippen molar-refractivity contribution in [3.63, 3.8) is 0 Å². The number of rotatable bonds is 4. The van der Waals surface area contributed by atoms with Crippen molar-refractivity contribution in [1.29, 1.82) is 0 Å². The molecular formula is C21H34N10. The van der Waals surface area contributed by atoms with Crippen molar-refractivity contribution < 1.29 is 0 Å². The lowest BCUT2D eigenvalue weighted by Gasteiger charge is -2.37. The summed E-state index contributed by atoms with van der Waals surface area (Å²) in [6.45, 7) is 6.74. The fourth-order valence-electron chi connectivity index (χ4n) is 4.45. The Morgan fingerprint density at radius 2 is 1.26 bits per heavy atom. The Balaban J connectivity index is 1.69. The third-order valence-electron chi connectivity index (χ3n) is 5.84. The van der Waals surface area contributed by atoms with Crippen molar-refractivity contribution in [2.45, 2.75) is 50.9 Å². The van der Waals surface area contributed by atoms with Gasteiger partial charge in [-0.15, -0.1) is 0 Å². The third-order valence-corrected chi connectivity index (χ3v) is 5.84. The number of hydrogen-bond acceptors (Lipinski definition) is 10. The summed E-state index contributed by atoms with van der Waals surface area (Å²) in [7, 11) is 0. The molecule has 2 fully saturated rings. The van der Waals surface area contributed by atoms with Gasteiger partial charge in [-0.3, -0.25) is 0 Å². The minimum Gasteiger partial charge on any atom is -0.338 e. The van der Waals surface area contributed by atoms with Crippen molar-refractivity contribution in [3.8, 4) is 0 Å². The molecule has 2 aliphatic rings. The minimum atomic E-state index is -0.0171. The maximum Gasteiger partial charge on any atom is 0.233 e. The number of anilines is 4. The van der Waals surface area contributed by atoms with Gasteiger partial charge in [0.1, 0.15) is 0 Å². The zero-order chi connectivity index (χ0) is 22.1. The quantitative estimate of drug-likeness (QED) is 0.448. The average molecular weight is 427 g/mol. The van der Waals surface area contributed by atoms with Crippen LogP contribution in [0, 0.1) is 13.8 Å². The van der Waals surface area contributed by atoms with Crippen molar-refractivity contribution in [3.05, 3.63) is 29.3 Å². The molecule has 4 rings (SSSR count). The lowest BCUT2D eigenvalue weighted by Crippen LogP contribution is -2.54. The van der Waals surface area contributed by atoms with E-state index in [1.807, 2.05) is 15.9 Å². The molecule has 3 heterocycles. The summed E-state index contributed by atoms with van der Waals surface area (Å²) in [5.74, 6) is 1.61. The number of benzene rings is 1. The van der Waals surface area contributed by atoms with Crippen molar-refractivity contribution in [1.82, 2.24) is 15.0 Å². The van der Waals surface area contributed by atoms with Gasteiger partial charge in [-0.05, 0) is 38.3 Å². The lowest BCUT2D eigenvalue weighted by atomic mass is 10.0. The van der Waals surface area contributed by atoms with Crippen molar-refractivity contribution in [2.24, 2.45) is 22.9 Å². The highest BCUT2D eigenvalue weighted by Gasteiger charge is 2.28. The summed E-state index contributed by atoms with van der Waals surface area (Å²) in [4.78, 5) is 18.3. The van der Waals surface area contributed by atoms with Gasteiger partial charge < -0.3 is 38.1 Å². The molecule has 0 radical (unpaired) electrons. The molecule has 0 aliphatic carbocycles. The molecule has 9 N–H and O–H groups in total. The summed E-state index contributed by atoms with van der Waals surface area (Å²) in [5.41, 5.74) is 28.1. The second-order valence-electron chi connectivity index (χ2n) is 9.02. The van der Waals surface area contributed by atoms with Crippen molar-refractivity contribution in [2.75, 3.05) is 41.3 Å². The van der Waals surface area contributed by atoms with Crippen LogP contribution >= 0.6 is 0 Å². The maximum atomic E-state index is 6.21. The van der Waals surface area contributed by atoms with E-state index in [-0.39, 0.29) is 24.2 Å². The van der Waals surface area contributed by atoms with Crippen LogP contribution < -0.4 is 38.1 Å². The van der Waals surface area contributed by atoms with Gasteiger partial charge in [0.2, 0.25) is 17.8 Å². The van der Waals surface area contributed by atoms with Crippen LogP contribution in [0.5, 0.6) is 0 Å². The monoisotopic (exact) mass is 426 g/mol. The van der Waals surface area contributed by atoms with Gasteiger partial charge in [0, 0.05) is 56.0 Å². The number of aromatic nitrogens is 3. The Morgan fingerprint density at radius 3 is 1.71 bits per heavy atom. The van der Waals surface area contributed by atoms with Gasteiger partial charge in [-0.1, -0.05) is 17.7 Å². The van der Waals surface area contributed by atoms with Crippen LogP contribution in [0.2, 0.25) is 0 Å². The zero-order valence-corrected chi connectivity index (χ0v) is 18.3. The molecule has 2 aliphatic heterocycles. The van der Waals surface area contributed by atoms with Crippen LogP contribution in [0.4, 0.5) is 23.5 Å². The van der Waals surface area contributed by atoms with Crippen LogP contribution in [0.25, 0.3) is 0 Å². The Kier molecular flexibility index (Phi) is 6.24. The number of nitrogens with zero attached hydrogens (tertiary/aromatic N) is 5. The largest absolute Gasteiger partial charge is 0.338 e. The summed E-state index contributed by atoms with van der Waals surface area (Å²) in [6, 6.07) is 6.15. The number of hydrogen-bond donors (Lipinski definition) is 5. The molecule has 10 heteroatoms. The smallest absolute Gasteiger partial charge is 0.233 e. The molecule has 10 nitrogen and oxygen atoms in total. The Labute approximate surface area is 183 Å². The van der Waals surface area contributed by atoms with Gasteiger partial charge >= 0.3 is 0 Å². The summed E-state index contributed by atoms with van der Waals surface area (Å²) in [5, 5.41) is 3.36. The summed E-state index contributed by atoms with van der Waals surface area (Å²) in [6.07, 6.45) is 1.58. The molecule has 0 spiro atoms. The van der Waals surface area contributed by atoms with E-state index < -0.39 is 0 Å². The molecule has 31 heavy (non-hydrogen) atoms. The molecule has 0 amide bonds. The summed E-state index contributed by atoms with van der Waals surface area (Å²) < 4.78 is 0. The van der Waals surface area contributed by atoms with Crippen LogP contribution in [-0.2, 0) is 0 Å². The molecule has 4 atom stereocenters. The molecule has 2 aromatic rings. The number of nitrogens with two attached hydrogens (primary N) is 4. The molecule has 1 aromatic carbocycles. The van der Waals surface area contributed by atoms with Crippen LogP contribution in [0.15, 0.2) is 18.2 Å². The fourth-order valence-corrected chi connectivity index (χ4v) is 4.45. The first kappa shape index (κ1) is 21.7. The molecule has 2 saturated heterocycles. The normalized spacial score (nSPS) is 26.8. The van der Waals surface area contributed by atoms with E-state index in [0.29, 0.717) is 44.0 Å². The lowest BCUT2D eigenvalue weighted by molar-refractivity contribution is 0.441. The zero-order valence-electron chi connectivity index (χ0n) is 18.3. The molecule has 168 valence electrons. The third kappa shape index (κ3) is 5.21. The van der Waals surface area contributed by atoms with Crippen molar-refractivity contribution >= 4 is 23.5 Å². The predicted molar refractivity (Wildman–Crippen MR) is 125 cm³/mol. The van der Waals surface area contributed by atoms with Crippen LogP contribution in [-0.4, -0.2) is 65.3 Å². The topological polar surface area (TPSA) is 161 Å². The average Bonchev–Trinajstić information content (AvgIpc) is 2.68. The number of nitrogens with one attached hydrogen (secondary N) is 1. The second kappa shape index (κ2) is 8.91. The Morgan fingerprint density at radius 1 is 0.774 bits per heavy atom. The fraction of sp³-hybridized carbons (Fsp3) is 0.571. The minimum absolute atomic E-state index is 0.0171. The summed E-state index contributed by atoms with van der Waals surface area (Å²) >= 11 is 0. The van der Waals surface area contributed by atoms with E-state index in [9.17, 15) is 0 Å². The highest BCUT2D eigenvalue weighted by atomic mass is 15.4. The van der Waals surface area contributed by atoms with E-state index in [0.717, 1.165) is 24.1 Å². The highest BCUT2D eigenvalue weighted by Crippen LogP contribution is 2.25. The van der Waals surface area contributed by atoms with Crippen LogP contribution in [0.3, 0.4) is 0 Å². The van der Waals surface area contributed by atoms with Gasteiger partial charge in [-0.2, -0.15) is 15.0 Å². The first-order valence-electron chi connectivity index (χ1n) is 10.9. The maximum absolute atomic E-state index is 6.21. The standard InChI is InChI=1S/C21H34N10/c1-12-3-4-18(13(2)5-12)26-19-27-20(30-8-14(22)6-15(23)9-30)29-21(28-19)31-10-16(24)7-17(25)11-31/h3-5,14-17H,6-11,22-25H2,1-2H3,(H,26,27,28,29)/t14-,15+,16-,17+. The van der Waals surface area contributed by atoms with E-state index >= 15 is 0 Å². The highest BCUT2D eigenvalue weighted by molar-refractivity contribution is 5.60. The van der Waals surface area contributed by atoms with Crippen LogP contribution in [0.1, 0.15) is 24.0 Å². The second-order valence-corrected chi connectivity index (χ2v) is 9.02. The van der Waals surface area contributed by atoms with E-state index in [4.69, 9.17) is 37.9 Å². The number of piperidine rings is 2. The van der Waals surface area contributed by atoms with Gasteiger partial charge in [0.25, 0.3) is 0 Å². The van der Waals surface area contributed by atoms with E-state index in [1.165, 1.54) is 5.56 Å². The van der Waals surface area contributed by atoms with Gasteiger partial charge in [0.15, 0.2) is 0 Å². The Hall–Kier alpha value is -2.53. The SMILES string of the molecule is Cc1ccc(Nc2nc(N3C[C@H](N)C[C@H](N)C3)nc(N3C[C@H](N)C[C@H](N)C3)n2)c(C)c1. The molecule has 0 unspecified atom stereocenters. The predicted octanol–water partition coefficient (Wildman–Crippen LogP) is -0.0386. The van der Waals surface area contributed by atoms with E-state index in [1.54, 1.807) is 0 Å². The Bertz CT molecular complexity index is 855. The van der Waals surface area contributed by atoms with E-state index in [2.05, 4.69) is 31.3 Å². The van der Waals surface area contributed by atoms with Gasteiger partial charge in [0.05, 0.1) is 0 Å². The molecular weight excluding hydrogens is 392 g/mol. The first-order chi connectivity index (χ1) is 14.8. The number of aryl methyl sites for hydroxylation is 2. The molecule has 0 bridgehead atoms. The first-order valence-corrected chi connectivity index (χ1v) is 10.9. The van der Waals surface area contributed by atoms with Gasteiger partial charge in [-0.25, -0.2) is 0 Å².